The van der Waals surface area contributed by atoms with Crippen molar-refractivity contribution < 1.29 is 9.84 Å². The summed E-state index contributed by atoms with van der Waals surface area (Å²) in [6, 6.07) is 5.17. The standard InChI is InChI=1S/C19H20N4O2S/c1-2-25-13-8-7-12(15(24)9-13)10-22-23-18-17-14-5-3-4-6-16(14)26-19(17)21-11-20-18/h7-11,24H,2-6H2,1H3,(H,20,21,23)/b22-10-. The largest absolute Gasteiger partial charge is 0.507 e. The number of ether oxygens (including phenoxy) is 1. The maximum atomic E-state index is 10.1. The molecule has 0 saturated carbocycles. The number of anilines is 1. The Hall–Kier alpha value is -2.67. The minimum Gasteiger partial charge on any atom is -0.507 e. The van der Waals surface area contributed by atoms with Crippen molar-refractivity contribution in [2.24, 2.45) is 5.10 Å². The first kappa shape index (κ1) is 16.8. The van der Waals surface area contributed by atoms with Gasteiger partial charge in [0.05, 0.1) is 18.2 Å². The SMILES string of the molecule is CCOc1ccc(/C=N\Nc2ncnc3sc4c(c23)CCCC4)c(O)c1. The fourth-order valence-electron chi connectivity index (χ4n) is 3.23. The molecule has 2 aromatic heterocycles. The van der Waals surface area contributed by atoms with Crippen LogP contribution in [0, 0.1) is 0 Å². The molecule has 0 atom stereocenters. The van der Waals surface area contributed by atoms with Crippen LogP contribution in [-0.2, 0) is 12.8 Å². The smallest absolute Gasteiger partial charge is 0.158 e. The van der Waals surface area contributed by atoms with E-state index in [1.165, 1.54) is 23.3 Å². The Morgan fingerprint density at radius 1 is 1.31 bits per heavy atom. The lowest BCUT2D eigenvalue weighted by Gasteiger charge is -2.11. The van der Waals surface area contributed by atoms with Gasteiger partial charge in [-0.1, -0.05) is 0 Å². The highest BCUT2D eigenvalue weighted by Crippen LogP contribution is 2.38. The average Bonchev–Trinajstić information content (AvgIpc) is 3.03. The number of nitrogens with one attached hydrogen (secondary N) is 1. The van der Waals surface area contributed by atoms with Crippen molar-refractivity contribution in [2.45, 2.75) is 32.6 Å². The fourth-order valence-corrected chi connectivity index (χ4v) is 4.46. The van der Waals surface area contributed by atoms with Gasteiger partial charge in [-0.2, -0.15) is 5.10 Å². The molecule has 0 saturated heterocycles. The van der Waals surface area contributed by atoms with Crippen LogP contribution in [0.25, 0.3) is 10.2 Å². The molecule has 134 valence electrons. The number of thiophene rings is 1. The van der Waals surface area contributed by atoms with Gasteiger partial charge in [0.2, 0.25) is 0 Å². The number of hydrogen-bond donors (Lipinski definition) is 2. The van der Waals surface area contributed by atoms with E-state index in [1.54, 1.807) is 36.0 Å². The van der Waals surface area contributed by atoms with Crippen LogP contribution in [0.3, 0.4) is 0 Å². The van der Waals surface area contributed by atoms with E-state index in [1.807, 2.05) is 13.0 Å². The maximum absolute atomic E-state index is 10.1. The van der Waals surface area contributed by atoms with Gasteiger partial charge < -0.3 is 9.84 Å². The summed E-state index contributed by atoms with van der Waals surface area (Å²) in [6.07, 6.45) is 7.79. The Kier molecular flexibility index (Phi) is 4.71. The number of aryl methyl sites for hydroxylation is 2. The van der Waals surface area contributed by atoms with E-state index in [-0.39, 0.29) is 5.75 Å². The molecule has 0 amide bonds. The van der Waals surface area contributed by atoms with Crippen molar-refractivity contribution >= 4 is 33.6 Å². The van der Waals surface area contributed by atoms with Crippen molar-refractivity contribution in [3.05, 3.63) is 40.5 Å². The van der Waals surface area contributed by atoms with Gasteiger partial charge in [0.15, 0.2) is 5.82 Å². The highest BCUT2D eigenvalue weighted by atomic mass is 32.1. The molecule has 0 aliphatic heterocycles. The first-order valence-electron chi connectivity index (χ1n) is 8.76. The zero-order valence-corrected chi connectivity index (χ0v) is 15.3. The molecule has 4 rings (SSSR count). The molecule has 0 spiro atoms. The summed E-state index contributed by atoms with van der Waals surface area (Å²) in [4.78, 5) is 11.2. The molecular weight excluding hydrogens is 348 g/mol. The summed E-state index contributed by atoms with van der Waals surface area (Å²) >= 11 is 1.76. The van der Waals surface area contributed by atoms with Gasteiger partial charge in [0.25, 0.3) is 0 Å². The van der Waals surface area contributed by atoms with Crippen LogP contribution in [0.2, 0.25) is 0 Å². The van der Waals surface area contributed by atoms with Crippen molar-refractivity contribution in [3.63, 3.8) is 0 Å². The van der Waals surface area contributed by atoms with Crippen molar-refractivity contribution in [1.29, 1.82) is 0 Å². The number of fused-ring (bicyclic) bond motifs is 3. The van der Waals surface area contributed by atoms with E-state index in [4.69, 9.17) is 4.74 Å². The van der Waals surface area contributed by atoms with Crippen LogP contribution in [-0.4, -0.2) is 27.9 Å². The highest BCUT2D eigenvalue weighted by molar-refractivity contribution is 7.19. The van der Waals surface area contributed by atoms with Crippen LogP contribution >= 0.6 is 11.3 Å². The molecule has 6 nitrogen and oxygen atoms in total. The summed E-state index contributed by atoms with van der Waals surface area (Å²) in [7, 11) is 0. The third kappa shape index (κ3) is 3.22. The molecule has 1 aliphatic carbocycles. The number of hydrazone groups is 1. The fraction of sp³-hybridized carbons (Fsp3) is 0.316. The lowest BCUT2D eigenvalue weighted by molar-refractivity contribution is 0.337. The highest BCUT2D eigenvalue weighted by Gasteiger charge is 2.19. The number of benzene rings is 1. The summed E-state index contributed by atoms with van der Waals surface area (Å²) < 4.78 is 5.37. The second-order valence-electron chi connectivity index (χ2n) is 6.14. The van der Waals surface area contributed by atoms with E-state index in [2.05, 4.69) is 20.5 Å². The quantitative estimate of drug-likeness (QED) is 0.523. The van der Waals surface area contributed by atoms with Crippen LogP contribution < -0.4 is 10.2 Å². The Morgan fingerprint density at radius 2 is 2.19 bits per heavy atom. The Labute approximate surface area is 155 Å². The lowest BCUT2D eigenvalue weighted by atomic mass is 9.97. The van der Waals surface area contributed by atoms with E-state index in [9.17, 15) is 5.11 Å². The predicted molar refractivity (Wildman–Crippen MR) is 105 cm³/mol. The summed E-state index contributed by atoms with van der Waals surface area (Å²) in [5.74, 6) is 1.48. The molecular formula is C19H20N4O2S. The van der Waals surface area contributed by atoms with Gasteiger partial charge in [-0.05, 0) is 50.3 Å². The number of rotatable bonds is 5. The molecule has 2 N–H and O–H groups in total. The first-order valence-corrected chi connectivity index (χ1v) is 9.58. The monoisotopic (exact) mass is 368 g/mol. The molecule has 2 heterocycles. The summed E-state index contributed by atoms with van der Waals surface area (Å²) in [5.41, 5.74) is 4.99. The summed E-state index contributed by atoms with van der Waals surface area (Å²) in [5, 5.41) is 15.4. The van der Waals surface area contributed by atoms with Crippen LogP contribution in [0.1, 0.15) is 35.8 Å². The molecule has 0 radical (unpaired) electrons. The number of aromatic hydroxyl groups is 1. The normalized spacial score (nSPS) is 13.9. The number of hydrogen-bond acceptors (Lipinski definition) is 7. The zero-order chi connectivity index (χ0) is 17.9. The Bertz CT molecular complexity index is 968. The molecule has 26 heavy (non-hydrogen) atoms. The Balaban J connectivity index is 1.58. The van der Waals surface area contributed by atoms with E-state index in [0.717, 1.165) is 28.9 Å². The van der Waals surface area contributed by atoms with Gasteiger partial charge in [0, 0.05) is 16.5 Å². The third-order valence-corrected chi connectivity index (χ3v) is 5.64. The van der Waals surface area contributed by atoms with Crippen molar-refractivity contribution in [2.75, 3.05) is 12.0 Å². The molecule has 0 unspecified atom stereocenters. The first-order chi connectivity index (χ1) is 12.8. The number of aromatic nitrogens is 2. The number of phenolic OH excluding ortho intramolecular Hbond substituents is 1. The third-order valence-electron chi connectivity index (χ3n) is 4.44. The molecule has 1 aliphatic rings. The summed E-state index contributed by atoms with van der Waals surface area (Å²) in [6.45, 7) is 2.46. The van der Waals surface area contributed by atoms with Gasteiger partial charge in [0.1, 0.15) is 22.7 Å². The Morgan fingerprint density at radius 3 is 3.04 bits per heavy atom. The second-order valence-corrected chi connectivity index (χ2v) is 7.22. The molecule has 1 aromatic carbocycles. The van der Waals surface area contributed by atoms with Crippen LogP contribution in [0.15, 0.2) is 29.6 Å². The van der Waals surface area contributed by atoms with Crippen molar-refractivity contribution in [1.82, 2.24) is 9.97 Å². The average molecular weight is 368 g/mol. The maximum Gasteiger partial charge on any atom is 0.158 e. The van der Waals surface area contributed by atoms with Crippen LogP contribution in [0.4, 0.5) is 5.82 Å². The van der Waals surface area contributed by atoms with E-state index in [0.29, 0.717) is 17.9 Å². The topological polar surface area (TPSA) is 79.6 Å². The molecule has 3 aromatic rings. The molecule has 0 bridgehead atoms. The van der Waals surface area contributed by atoms with E-state index >= 15 is 0 Å². The van der Waals surface area contributed by atoms with Gasteiger partial charge >= 0.3 is 0 Å². The van der Waals surface area contributed by atoms with Crippen molar-refractivity contribution in [3.8, 4) is 11.5 Å². The zero-order valence-electron chi connectivity index (χ0n) is 14.5. The predicted octanol–water partition coefficient (Wildman–Crippen LogP) is 4.12. The van der Waals surface area contributed by atoms with Gasteiger partial charge in [-0.25, -0.2) is 9.97 Å². The minimum absolute atomic E-state index is 0.127. The number of nitrogens with zero attached hydrogens (tertiary/aromatic N) is 3. The molecule has 0 fully saturated rings. The van der Waals surface area contributed by atoms with Gasteiger partial charge in [-0.15, -0.1) is 11.3 Å². The minimum atomic E-state index is 0.127. The number of phenols is 1. The van der Waals surface area contributed by atoms with E-state index < -0.39 is 0 Å². The molecule has 7 heteroatoms. The second kappa shape index (κ2) is 7.29. The van der Waals surface area contributed by atoms with Gasteiger partial charge in [-0.3, -0.25) is 5.43 Å². The lowest BCUT2D eigenvalue weighted by Crippen LogP contribution is -2.01. The van der Waals surface area contributed by atoms with Crippen LogP contribution in [0.5, 0.6) is 11.5 Å².